The van der Waals surface area contributed by atoms with Gasteiger partial charge in [0.25, 0.3) is 5.69 Å². The van der Waals surface area contributed by atoms with E-state index in [9.17, 15) is 14.9 Å². The number of carbonyl (C=O) groups is 1. The minimum absolute atomic E-state index is 0.00583. The van der Waals surface area contributed by atoms with E-state index >= 15 is 0 Å². The second kappa shape index (κ2) is 11.7. The minimum Gasteiger partial charge on any atom is -0.490 e. The van der Waals surface area contributed by atoms with Gasteiger partial charge in [0.15, 0.2) is 17.3 Å². The van der Waals surface area contributed by atoms with E-state index < -0.39 is 10.8 Å². The van der Waals surface area contributed by atoms with Gasteiger partial charge in [0.05, 0.1) is 17.7 Å². The number of nitro benzene ring substituents is 1. The van der Waals surface area contributed by atoms with Gasteiger partial charge < -0.3 is 13.9 Å². The van der Waals surface area contributed by atoms with Crippen molar-refractivity contribution in [1.82, 2.24) is 5.43 Å². The van der Waals surface area contributed by atoms with Crippen LogP contribution in [0.25, 0.3) is 11.0 Å². The molecule has 0 bridgehead atoms. The molecule has 0 aliphatic carbocycles. The number of nitro groups is 1. The van der Waals surface area contributed by atoms with Crippen LogP contribution in [0.4, 0.5) is 5.69 Å². The number of nitrogens with zero attached hydrogens (tertiary/aromatic N) is 2. The third kappa shape index (κ3) is 6.21. The molecule has 0 unspecified atom stereocenters. The summed E-state index contributed by atoms with van der Waals surface area (Å²) >= 11 is 0. The number of fused-ring (bicyclic) bond motifs is 1. The number of hydrogen-bond donors (Lipinski definition) is 1. The van der Waals surface area contributed by atoms with Gasteiger partial charge in [-0.15, -0.1) is 6.58 Å². The Kier molecular flexibility index (Phi) is 7.95. The number of rotatable bonds is 11. The minimum atomic E-state index is -0.472. The van der Waals surface area contributed by atoms with Crippen LogP contribution in [0.1, 0.15) is 34.2 Å². The molecule has 9 nitrogen and oxygen atoms in total. The fourth-order valence-corrected chi connectivity index (χ4v) is 3.72. The topological polar surface area (TPSA) is 116 Å². The van der Waals surface area contributed by atoms with Crippen LogP contribution in [-0.2, 0) is 13.0 Å². The highest BCUT2D eigenvalue weighted by molar-refractivity contribution is 5.96. The summed E-state index contributed by atoms with van der Waals surface area (Å²) in [6, 6.07) is 18.9. The summed E-state index contributed by atoms with van der Waals surface area (Å²) < 4.78 is 17.4. The highest BCUT2D eigenvalue weighted by Crippen LogP contribution is 2.34. The molecule has 1 N–H and O–H groups in total. The van der Waals surface area contributed by atoms with Gasteiger partial charge in [-0.3, -0.25) is 14.9 Å². The van der Waals surface area contributed by atoms with E-state index in [0.717, 1.165) is 10.9 Å². The summed E-state index contributed by atoms with van der Waals surface area (Å²) in [4.78, 5) is 23.1. The van der Waals surface area contributed by atoms with Crippen molar-refractivity contribution in [3.8, 4) is 11.5 Å². The van der Waals surface area contributed by atoms with Crippen LogP contribution < -0.4 is 14.9 Å². The quantitative estimate of drug-likeness (QED) is 0.120. The lowest BCUT2D eigenvalue weighted by atomic mass is 10.1. The molecule has 0 fully saturated rings. The van der Waals surface area contributed by atoms with Crippen LogP contribution in [0.5, 0.6) is 11.5 Å². The summed E-state index contributed by atoms with van der Waals surface area (Å²) in [6.45, 7) is 6.18. The zero-order chi connectivity index (χ0) is 26.2. The normalized spacial score (nSPS) is 10.9. The molecular formula is C28H25N3O6. The van der Waals surface area contributed by atoms with Crippen LogP contribution >= 0.6 is 0 Å². The van der Waals surface area contributed by atoms with E-state index in [2.05, 4.69) is 17.1 Å². The number of nitrogens with one attached hydrogen (secondary N) is 1. The molecular weight excluding hydrogens is 474 g/mol. The maximum Gasteiger partial charge on any atom is 0.307 e. The predicted molar refractivity (Wildman–Crippen MR) is 140 cm³/mol. The fourth-order valence-electron chi connectivity index (χ4n) is 3.72. The smallest absolute Gasteiger partial charge is 0.307 e. The van der Waals surface area contributed by atoms with Crippen LogP contribution in [0.3, 0.4) is 0 Å². The Labute approximate surface area is 213 Å². The molecule has 0 aliphatic heterocycles. The number of non-ortho nitro benzene ring substituents is 1. The standard InChI is InChI=1S/C28H25N3O6/c1-3-8-22-13-20(17-29-30-28(32)26-16-21-10-5-6-12-24(21)37-26)15-25(35-4-2)27(22)36-18-19-9-7-11-23(14-19)31(33)34/h3,5-7,9-17H,1,4,8,18H2,2H3,(H,30,32)/b29-17+. The maximum absolute atomic E-state index is 12.5. The number of carbonyl (C=O) groups excluding carboxylic acids is 1. The average molecular weight is 500 g/mol. The van der Waals surface area contributed by atoms with E-state index in [4.69, 9.17) is 13.9 Å². The maximum atomic E-state index is 12.5. The Morgan fingerprint density at radius 2 is 1.97 bits per heavy atom. The number of hydrogen-bond acceptors (Lipinski definition) is 7. The number of amides is 1. The summed E-state index contributed by atoms with van der Waals surface area (Å²) in [6.07, 6.45) is 3.72. The zero-order valence-electron chi connectivity index (χ0n) is 20.2. The molecule has 0 saturated heterocycles. The first-order valence-corrected chi connectivity index (χ1v) is 11.6. The van der Waals surface area contributed by atoms with Crippen molar-refractivity contribution >= 4 is 28.8 Å². The third-order valence-corrected chi connectivity index (χ3v) is 5.35. The van der Waals surface area contributed by atoms with Gasteiger partial charge in [-0.1, -0.05) is 36.4 Å². The van der Waals surface area contributed by atoms with Gasteiger partial charge in [-0.05, 0) is 48.7 Å². The highest BCUT2D eigenvalue weighted by Gasteiger charge is 2.15. The molecule has 37 heavy (non-hydrogen) atoms. The largest absolute Gasteiger partial charge is 0.490 e. The third-order valence-electron chi connectivity index (χ3n) is 5.35. The Morgan fingerprint density at radius 3 is 2.73 bits per heavy atom. The molecule has 0 saturated carbocycles. The molecule has 0 atom stereocenters. The number of furan rings is 1. The SMILES string of the molecule is C=CCc1cc(/C=N/NC(=O)c2cc3ccccc3o2)cc(OCC)c1OCc1cccc([N+](=O)[O-])c1. The van der Waals surface area contributed by atoms with Crippen molar-refractivity contribution in [3.63, 3.8) is 0 Å². The Balaban J connectivity index is 1.53. The lowest BCUT2D eigenvalue weighted by Crippen LogP contribution is -2.16. The van der Waals surface area contributed by atoms with E-state index in [1.807, 2.05) is 31.2 Å². The van der Waals surface area contributed by atoms with Gasteiger partial charge in [-0.2, -0.15) is 5.10 Å². The first-order chi connectivity index (χ1) is 18.0. The molecule has 0 spiro atoms. The van der Waals surface area contributed by atoms with Crippen molar-refractivity contribution in [2.45, 2.75) is 20.0 Å². The molecule has 1 amide bonds. The molecule has 0 aliphatic rings. The zero-order valence-corrected chi connectivity index (χ0v) is 20.2. The molecule has 188 valence electrons. The van der Waals surface area contributed by atoms with Crippen molar-refractivity contribution in [3.05, 3.63) is 112 Å². The van der Waals surface area contributed by atoms with E-state index in [1.165, 1.54) is 18.3 Å². The molecule has 0 radical (unpaired) electrons. The lowest BCUT2D eigenvalue weighted by molar-refractivity contribution is -0.384. The van der Waals surface area contributed by atoms with Crippen molar-refractivity contribution in [1.29, 1.82) is 0 Å². The summed E-state index contributed by atoms with van der Waals surface area (Å²) in [5.74, 6) is 0.681. The molecule has 1 heterocycles. The van der Waals surface area contributed by atoms with Gasteiger partial charge >= 0.3 is 5.91 Å². The number of ether oxygens (including phenoxy) is 2. The van der Waals surface area contributed by atoms with Gasteiger partial charge in [0.1, 0.15) is 12.2 Å². The van der Waals surface area contributed by atoms with E-state index in [0.29, 0.717) is 41.2 Å². The second-order valence-corrected chi connectivity index (χ2v) is 8.00. The molecule has 1 aromatic heterocycles. The summed E-state index contributed by atoms with van der Waals surface area (Å²) in [7, 11) is 0. The summed E-state index contributed by atoms with van der Waals surface area (Å²) in [5, 5.41) is 16.0. The number of benzene rings is 3. The Morgan fingerprint density at radius 1 is 1.14 bits per heavy atom. The highest BCUT2D eigenvalue weighted by atomic mass is 16.6. The first-order valence-electron chi connectivity index (χ1n) is 11.6. The molecule has 3 aromatic carbocycles. The van der Waals surface area contributed by atoms with Crippen LogP contribution in [0, 0.1) is 10.1 Å². The molecule has 4 rings (SSSR count). The van der Waals surface area contributed by atoms with E-state index in [1.54, 1.807) is 36.4 Å². The van der Waals surface area contributed by atoms with Gasteiger partial charge in [0.2, 0.25) is 0 Å². The Hall–Kier alpha value is -4.92. The number of para-hydroxylation sites is 1. The van der Waals surface area contributed by atoms with Crippen molar-refractivity contribution < 1.29 is 23.6 Å². The number of hydrazone groups is 1. The van der Waals surface area contributed by atoms with Crippen LogP contribution in [0.15, 0.2) is 88.9 Å². The molecule has 4 aromatic rings. The monoisotopic (exact) mass is 499 g/mol. The second-order valence-electron chi connectivity index (χ2n) is 8.00. The van der Waals surface area contributed by atoms with Crippen LogP contribution in [-0.4, -0.2) is 23.7 Å². The van der Waals surface area contributed by atoms with E-state index in [-0.39, 0.29) is 18.1 Å². The average Bonchev–Trinajstić information content (AvgIpc) is 3.33. The Bertz CT molecular complexity index is 1440. The van der Waals surface area contributed by atoms with Crippen molar-refractivity contribution in [2.24, 2.45) is 5.10 Å². The fraction of sp³-hybridized carbons (Fsp3) is 0.143. The predicted octanol–water partition coefficient (Wildman–Crippen LogP) is 5.81. The lowest BCUT2D eigenvalue weighted by Gasteiger charge is -2.16. The molecule has 9 heteroatoms. The van der Waals surface area contributed by atoms with Crippen LogP contribution in [0.2, 0.25) is 0 Å². The van der Waals surface area contributed by atoms with Gasteiger partial charge in [-0.25, -0.2) is 5.43 Å². The number of allylic oxidation sites excluding steroid dienone is 1. The first kappa shape index (κ1) is 25.2. The van der Waals surface area contributed by atoms with Gasteiger partial charge in [0, 0.05) is 23.1 Å². The van der Waals surface area contributed by atoms with Crippen molar-refractivity contribution in [2.75, 3.05) is 6.61 Å². The summed E-state index contributed by atoms with van der Waals surface area (Å²) in [5.41, 5.74) is 5.20.